The fourth-order valence-corrected chi connectivity index (χ4v) is 1.83. The van der Waals surface area contributed by atoms with Crippen LogP contribution < -0.4 is 5.32 Å². The summed E-state index contributed by atoms with van der Waals surface area (Å²) in [6, 6.07) is 9.89. The summed E-state index contributed by atoms with van der Waals surface area (Å²) in [5, 5.41) is 13.6. The minimum Gasteiger partial charge on any atom is -0.387 e. The van der Waals surface area contributed by atoms with Crippen LogP contribution in [0.25, 0.3) is 0 Å². The fourth-order valence-electron chi connectivity index (χ4n) is 1.59. The van der Waals surface area contributed by atoms with Crippen molar-refractivity contribution in [3.8, 4) is 0 Å². The third-order valence-corrected chi connectivity index (χ3v) is 3.15. The van der Waals surface area contributed by atoms with E-state index in [-0.39, 0.29) is 18.1 Å². The average molecular weight is 311 g/mol. The van der Waals surface area contributed by atoms with Gasteiger partial charge in [0.1, 0.15) is 5.69 Å². The van der Waals surface area contributed by atoms with Crippen LogP contribution in [0, 0.1) is 0 Å². The summed E-state index contributed by atoms with van der Waals surface area (Å²) in [6.07, 6.45) is 0.593. The molecule has 0 aliphatic carbocycles. The predicted molar refractivity (Wildman–Crippen MR) is 78.0 cm³/mol. The van der Waals surface area contributed by atoms with Gasteiger partial charge in [-0.2, -0.15) is 0 Å². The molecule has 1 aromatic heterocycles. The van der Waals surface area contributed by atoms with Crippen molar-refractivity contribution in [1.82, 2.24) is 10.3 Å². The molecule has 0 radical (unpaired) electrons. The maximum Gasteiger partial charge on any atom is 0.269 e. The summed E-state index contributed by atoms with van der Waals surface area (Å²) >= 11 is 11.5. The number of carbonyl (C=O) groups excluding carboxylic acids is 1. The molecule has 4 nitrogen and oxygen atoms in total. The Labute approximate surface area is 126 Å². The maximum absolute atomic E-state index is 11.8. The number of halogens is 2. The number of hydrogen-bond donors (Lipinski definition) is 2. The zero-order valence-electron chi connectivity index (χ0n) is 10.4. The van der Waals surface area contributed by atoms with Gasteiger partial charge >= 0.3 is 0 Å². The van der Waals surface area contributed by atoms with Crippen LogP contribution in [-0.4, -0.2) is 22.5 Å². The number of aliphatic hydroxyl groups is 1. The smallest absolute Gasteiger partial charge is 0.269 e. The molecule has 20 heavy (non-hydrogen) atoms. The molecule has 1 heterocycles. The summed E-state index contributed by atoms with van der Waals surface area (Å²) in [4.78, 5) is 15.7. The van der Waals surface area contributed by atoms with Crippen LogP contribution in [0.4, 0.5) is 0 Å². The van der Waals surface area contributed by atoms with E-state index in [0.29, 0.717) is 15.6 Å². The molecular formula is C14H12Cl2N2O2. The molecule has 0 bridgehead atoms. The van der Waals surface area contributed by atoms with E-state index in [9.17, 15) is 9.90 Å². The Balaban J connectivity index is 1.92. The van der Waals surface area contributed by atoms with Crippen LogP contribution in [0.1, 0.15) is 22.2 Å². The van der Waals surface area contributed by atoms with Crippen molar-refractivity contribution in [2.24, 2.45) is 0 Å². The third kappa shape index (κ3) is 3.93. The number of nitrogens with one attached hydrogen (secondary N) is 1. The minimum absolute atomic E-state index is 0.0881. The van der Waals surface area contributed by atoms with Crippen molar-refractivity contribution in [3.05, 3.63) is 63.9 Å². The standard InChI is InChI=1S/C14H12Cl2N2O2/c15-10-3-1-9(2-4-10)13(19)8-18-14(20)12-6-5-11(16)7-17-12/h1-7,13,19H,8H2,(H,18,20). The van der Waals surface area contributed by atoms with E-state index >= 15 is 0 Å². The first-order chi connectivity index (χ1) is 9.56. The van der Waals surface area contributed by atoms with Crippen LogP contribution in [0.3, 0.4) is 0 Å². The molecule has 0 aliphatic rings. The number of rotatable bonds is 4. The molecule has 1 unspecified atom stereocenters. The quantitative estimate of drug-likeness (QED) is 0.912. The fraction of sp³-hybridized carbons (Fsp3) is 0.143. The Kier molecular flexibility index (Phi) is 4.95. The second kappa shape index (κ2) is 6.70. The largest absolute Gasteiger partial charge is 0.387 e. The van der Waals surface area contributed by atoms with Gasteiger partial charge in [-0.1, -0.05) is 35.3 Å². The lowest BCUT2D eigenvalue weighted by Gasteiger charge is -2.12. The first kappa shape index (κ1) is 14.8. The summed E-state index contributed by atoms with van der Waals surface area (Å²) in [5.41, 5.74) is 0.927. The van der Waals surface area contributed by atoms with Crippen molar-refractivity contribution in [1.29, 1.82) is 0 Å². The van der Waals surface area contributed by atoms with E-state index in [1.54, 1.807) is 30.3 Å². The molecule has 0 saturated carbocycles. The molecule has 104 valence electrons. The predicted octanol–water partition coefficient (Wildman–Crippen LogP) is 2.85. The topological polar surface area (TPSA) is 62.2 Å². The van der Waals surface area contributed by atoms with Gasteiger partial charge in [-0.05, 0) is 29.8 Å². The van der Waals surface area contributed by atoms with E-state index in [1.165, 1.54) is 12.3 Å². The number of carbonyl (C=O) groups is 1. The normalized spacial score (nSPS) is 11.9. The summed E-state index contributed by atoms with van der Waals surface area (Å²) < 4.78 is 0. The Bertz CT molecular complexity index is 585. The van der Waals surface area contributed by atoms with Crippen LogP contribution in [0.5, 0.6) is 0 Å². The van der Waals surface area contributed by atoms with Gasteiger partial charge in [0.2, 0.25) is 0 Å². The molecule has 2 aromatic rings. The first-order valence-electron chi connectivity index (χ1n) is 5.89. The van der Waals surface area contributed by atoms with Gasteiger partial charge in [0.15, 0.2) is 0 Å². The van der Waals surface area contributed by atoms with Gasteiger partial charge in [-0.25, -0.2) is 4.98 Å². The zero-order valence-corrected chi connectivity index (χ0v) is 11.9. The van der Waals surface area contributed by atoms with E-state index in [0.717, 1.165) is 0 Å². The van der Waals surface area contributed by atoms with E-state index in [4.69, 9.17) is 23.2 Å². The highest BCUT2D eigenvalue weighted by Gasteiger charge is 2.11. The molecule has 2 rings (SSSR count). The van der Waals surface area contributed by atoms with E-state index < -0.39 is 6.10 Å². The van der Waals surface area contributed by atoms with E-state index in [2.05, 4.69) is 10.3 Å². The highest BCUT2D eigenvalue weighted by Crippen LogP contribution is 2.15. The Morgan fingerprint density at radius 2 is 1.80 bits per heavy atom. The van der Waals surface area contributed by atoms with Crippen molar-refractivity contribution in [2.45, 2.75) is 6.10 Å². The lowest BCUT2D eigenvalue weighted by atomic mass is 10.1. The number of aromatic nitrogens is 1. The van der Waals surface area contributed by atoms with Gasteiger partial charge in [0.05, 0.1) is 11.1 Å². The number of amides is 1. The molecule has 2 N–H and O–H groups in total. The van der Waals surface area contributed by atoms with Crippen LogP contribution in [-0.2, 0) is 0 Å². The van der Waals surface area contributed by atoms with Crippen LogP contribution >= 0.6 is 23.2 Å². The lowest BCUT2D eigenvalue weighted by molar-refractivity contribution is 0.0911. The SMILES string of the molecule is O=C(NCC(O)c1ccc(Cl)cc1)c1ccc(Cl)cn1. The Morgan fingerprint density at radius 3 is 2.40 bits per heavy atom. The van der Waals surface area contributed by atoms with Gasteiger partial charge in [-0.15, -0.1) is 0 Å². The molecule has 0 aliphatic heterocycles. The van der Waals surface area contributed by atoms with Crippen molar-refractivity contribution in [3.63, 3.8) is 0 Å². The molecule has 6 heteroatoms. The maximum atomic E-state index is 11.8. The Hall–Kier alpha value is -1.62. The van der Waals surface area contributed by atoms with Crippen molar-refractivity contribution >= 4 is 29.1 Å². The van der Waals surface area contributed by atoms with Crippen LogP contribution in [0.2, 0.25) is 10.0 Å². The lowest BCUT2D eigenvalue weighted by Crippen LogP contribution is -2.29. The number of pyridine rings is 1. The van der Waals surface area contributed by atoms with Crippen molar-refractivity contribution in [2.75, 3.05) is 6.54 Å². The zero-order chi connectivity index (χ0) is 14.5. The number of hydrogen-bond acceptors (Lipinski definition) is 3. The third-order valence-electron chi connectivity index (χ3n) is 2.67. The molecule has 0 fully saturated rings. The molecular weight excluding hydrogens is 299 g/mol. The first-order valence-corrected chi connectivity index (χ1v) is 6.65. The minimum atomic E-state index is -0.802. The summed E-state index contributed by atoms with van der Waals surface area (Å²) in [7, 11) is 0. The van der Waals surface area contributed by atoms with Gasteiger partial charge in [0.25, 0.3) is 5.91 Å². The number of aliphatic hydroxyl groups excluding tert-OH is 1. The summed E-state index contributed by atoms with van der Waals surface area (Å²) in [5.74, 6) is -0.366. The molecule has 0 spiro atoms. The highest BCUT2D eigenvalue weighted by atomic mass is 35.5. The number of benzene rings is 1. The van der Waals surface area contributed by atoms with Gasteiger partial charge < -0.3 is 10.4 Å². The molecule has 1 atom stereocenters. The monoisotopic (exact) mass is 310 g/mol. The van der Waals surface area contributed by atoms with Crippen LogP contribution in [0.15, 0.2) is 42.6 Å². The van der Waals surface area contributed by atoms with Crippen molar-refractivity contribution < 1.29 is 9.90 Å². The van der Waals surface area contributed by atoms with Gasteiger partial charge in [-0.3, -0.25) is 4.79 Å². The highest BCUT2D eigenvalue weighted by molar-refractivity contribution is 6.30. The van der Waals surface area contributed by atoms with Gasteiger partial charge in [0, 0.05) is 17.8 Å². The molecule has 0 saturated heterocycles. The molecule has 1 amide bonds. The average Bonchev–Trinajstić information content (AvgIpc) is 2.46. The summed E-state index contributed by atoms with van der Waals surface area (Å²) in [6.45, 7) is 0.0881. The molecule has 1 aromatic carbocycles. The second-order valence-electron chi connectivity index (χ2n) is 4.14. The number of nitrogens with zero attached hydrogens (tertiary/aromatic N) is 1. The Morgan fingerprint density at radius 1 is 1.15 bits per heavy atom. The second-order valence-corrected chi connectivity index (χ2v) is 5.01. The van der Waals surface area contributed by atoms with E-state index in [1.807, 2.05) is 0 Å².